The third kappa shape index (κ3) is 3.66. The maximum Gasteiger partial charge on any atom is 0.340 e. The van der Waals surface area contributed by atoms with Crippen LogP contribution in [0.3, 0.4) is 0 Å². The summed E-state index contributed by atoms with van der Waals surface area (Å²) < 4.78 is 5.31. The van der Waals surface area contributed by atoms with E-state index in [4.69, 9.17) is 4.74 Å². The van der Waals surface area contributed by atoms with E-state index in [2.05, 4.69) is 30.0 Å². The molecule has 0 radical (unpaired) electrons. The standard InChI is InChI=1S/C22H23NO2/c1-3-18-15-20(17-11-7-5-8-12-17)21(22(24)25-4-2)16-23(18)19-13-9-6-10-14-19/h5-16,18H,3-4H2,1-2H3. The van der Waals surface area contributed by atoms with Crippen LogP contribution in [-0.2, 0) is 9.53 Å². The highest BCUT2D eigenvalue weighted by Gasteiger charge is 2.27. The molecule has 0 amide bonds. The molecule has 0 saturated carbocycles. The van der Waals surface area contributed by atoms with Crippen molar-refractivity contribution >= 4 is 17.2 Å². The number of nitrogens with zero attached hydrogens (tertiary/aromatic N) is 1. The Bertz CT molecular complexity index is 778. The fourth-order valence-corrected chi connectivity index (χ4v) is 3.09. The Labute approximate surface area is 149 Å². The summed E-state index contributed by atoms with van der Waals surface area (Å²) in [5.41, 5.74) is 3.65. The lowest BCUT2D eigenvalue weighted by Crippen LogP contribution is -2.33. The van der Waals surface area contributed by atoms with Gasteiger partial charge >= 0.3 is 5.97 Å². The van der Waals surface area contributed by atoms with E-state index in [1.165, 1.54) is 0 Å². The number of anilines is 1. The normalized spacial score (nSPS) is 16.9. The van der Waals surface area contributed by atoms with E-state index in [0.29, 0.717) is 12.2 Å². The summed E-state index contributed by atoms with van der Waals surface area (Å²) in [6, 6.07) is 20.3. The Morgan fingerprint density at radius 3 is 2.24 bits per heavy atom. The lowest BCUT2D eigenvalue weighted by atomic mass is 9.92. The molecule has 0 aromatic heterocycles. The van der Waals surface area contributed by atoms with Gasteiger partial charge in [0.05, 0.1) is 18.2 Å². The van der Waals surface area contributed by atoms with Crippen molar-refractivity contribution in [2.45, 2.75) is 26.3 Å². The van der Waals surface area contributed by atoms with Crippen LogP contribution in [0.15, 0.2) is 78.5 Å². The topological polar surface area (TPSA) is 29.5 Å². The minimum Gasteiger partial charge on any atom is -0.462 e. The van der Waals surface area contributed by atoms with Crippen molar-refractivity contribution in [3.05, 3.63) is 84.1 Å². The molecule has 3 heteroatoms. The van der Waals surface area contributed by atoms with Crippen LogP contribution in [0.25, 0.3) is 5.57 Å². The number of hydrogen-bond acceptors (Lipinski definition) is 3. The molecular weight excluding hydrogens is 310 g/mol. The van der Waals surface area contributed by atoms with Gasteiger partial charge in [-0.05, 0) is 36.6 Å². The second kappa shape index (κ2) is 7.84. The Kier molecular flexibility index (Phi) is 5.34. The smallest absolute Gasteiger partial charge is 0.340 e. The molecule has 1 unspecified atom stereocenters. The molecule has 1 heterocycles. The van der Waals surface area contributed by atoms with E-state index in [1.54, 1.807) is 0 Å². The van der Waals surface area contributed by atoms with Gasteiger partial charge in [-0.15, -0.1) is 0 Å². The average Bonchev–Trinajstić information content (AvgIpc) is 2.68. The van der Waals surface area contributed by atoms with Gasteiger partial charge in [-0.3, -0.25) is 0 Å². The Hall–Kier alpha value is -2.81. The van der Waals surface area contributed by atoms with Crippen LogP contribution in [0.2, 0.25) is 0 Å². The molecule has 1 aliphatic rings. The first-order chi connectivity index (χ1) is 12.2. The van der Waals surface area contributed by atoms with Crippen LogP contribution in [0.1, 0.15) is 25.8 Å². The first-order valence-electron chi connectivity index (χ1n) is 8.74. The zero-order chi connectivity index (χ0) is 17.6. The number of hydrogen-bond donors (Lipinski definition) is 0. The number of carbonyl (C=O) groups excluding carboxylic acids is 1. The van der Waals surface area contributed by atoms with Crippen LogP contribution in [-0.4, -0.2) is 18.6 Å². The van der Waals surface area contributed by atoms with Gasteiger partial charge in [0, 0.05) is 11.9 Å². The number of benzene rings is 2. The first kappa shape index (κ1) is 17.0. The van der Waals surface area contributed by atoms with E-state index in [-0.39, 0.29) is 12.0 Å². The lowest BCUT2D eigenvalue weighted by molar-refractivity contribution is -0.138. The van der Waals surface area contributed by atoms with Crippen molar-refractivity contribution in [1.82, 2.24) is 0 Å². The number of carbonyl (C=O) groups is 1. The molecule has 0 bridgehead atoms. The Morgan fingerprint density at radius 1 is 1.00 bits per heavy atom. The molecule has 25 heavy (non-hydrogen) atoms. The summed E-state index contributed by atoms with van der Waals surface area (Å²) >= 11 is 0. The van der Waals surface area contributed by atoms with Crippen molar-refractivity contribution in [1.29, 1.82) is 0 Å². The van der Waals surface area contributed by atoms with Gasteiger partial charge in [-0.2, -0.15) is 0 Å². The van der Waals surface area contributed by atoms with Crippen molar-refractivity contribution in [3.63, 3.8) is 0 Å². The van der Waals surface area contributed by atoms with Gasteiger partial charge in [0.25, 0.3) is 0 Å². The zero-order valence-corrected chi connectivity index (χ0v) is 14.7. The predicted molar refractivity (Wildman–Crippen MR) is 102 cm³/mol. The molecule has 1 aliphatic heterocycles. The molecule has 0 aliphatic carbocycles. The summed E-state index contributed by atoms with van der Waals surface area (Å²) in [6.07, 6.45) is 5.05. The quantitative estimate of drug-likeness (QED) is 0.735. The van der Waals surface area contributed by atoms with Crippen molar-refractivity contribution in [3.8, 4) is 0 Å². The Balaban J connectivity index is 2.07. The third-order valence-corrected chi connectivity index (χ3v) is 4.33. The van der Waals surface area contributed by atoms with Crippen LogP contribution in [0.4, 0.5) is 5.69 Å². The number of rotatable bonds is 5. The Morgan fingerprint density at radius 2 is 1.64 bits per heavy atom. The van der Waals surface area contributed by atoms with Crippen LogP contribution in [0, 0.1) is 0 Å². The summed E-state index contributed by atoms with van der Waals surface area (Å²) in [7, 11) is 0. The summed E-state index contributed by atoms with van der Waals surface area (Å²) in [5, 5.41) is 0. The van der Waals surface area contributed by atoms with Crippen LogP contribution in [0.5, 0.6) is 0 Å². The van der Waals surface area contributed by atoms with Crippen LogP contribution < -0.4 is 4.90 Å². The second-order valence-corrected chi connectivity index (χ2v) is 5.93. The predicted octanol–water partition coefficient (Wildman–Crippen LogP) is 4.82. The van der Waals surface area contributed by atoms with E-state index in [1.807, 2.05) is 61.7 Å². The molecule has 3 nitrogen and oxygen atoms in total. The average molecular weight is 333 g/mol. The van der Waals surface area contributed by atoms with E-state index in [9.17, 15) is 4.79 Å². The molecular formula is C22H23NO2. The minimum absolute atomic E-state index is 0.191. The minimum atomic E-state index is -0.284. The molecule has 0 saturated heterocycles. The second-order valence-electron chi connectivity index (χ2n) is 5.93. The highest BCUT2D eigenvalue weighted by molar-refractivity contribution is 6.07. The van der Waals surface area contributed by atoms with Crippen LogP contribution >= 0.6 is 0 Å². The number of ether oxygens (including phenoxy) is 1. The molecule has 128 valence electrons. The molecule has 3 rings (SSSR count). The fourth-order valence-electron chi connectivity index (χ4n) is 3.09. The highest BCUT2D eigenvalue weighted by Crippen LogP contribution is 2.33. The number of para-hydroxylation sites is 1. The highest BCUT2D eigenvalue weighted by atomic mass is 16.5. The summed E-state index contributed by atoms with van der Waals surface area (Å²) in [6.45, 7) is 4.35. The van der Waals surface area contributed by atoms with Gasteiger partial charge in [-0.25, -0.2) is 4.79 Å². The van der Waals surface area contributed by atoms with E-state index >= 15 is 0 Å². The van der Waals surface area contributed by atoms with Crippen molar-refractivity contribution in [2.75, 3.05) is 11.5 Å². The molecule has 0 spiro atoms. The van der Waals surface area contributed by atoms with Gasteiger partial charge in [0.1, 0.15) is 0 Å². The van der Waals surface area contributed by atoms with Gasteiger partial charge in [-0.1, -0.05) is 61.5 Å². The summed E-state index contributed by atoms with van der Waals surface area (Å²) in [4.78, 5) is 14.7. The van der Waals surface area contributed by atoms with E-state index < -0.39 is 0 Å². The molecule has 0 N–H and O–H groups in total. The maximum atomic E-state index is 12.6. The van der Waals surface area contributed by atoms with Crippen molar-refractivity contribution < 1.29 is 9.53 Å². The molecule has 2 aromatic rings. The lowest BCUT2D eigenvalue weighted by Gasteiger charge is -2.33. The zero-order valence-electron chi connectivity index (χ0n) is 14.7. The molecule has 0 fully saturated rings. The maximum absolute atomic E-state index is 12.6. The third-order valence-electron chi connectivity index (χ3n) is 4.33. The van der Waals surface area contributed by atoms with E-state index in [0.717, 1.165) is 23.2 Å². The molecule has 1 atom stereocenters. The van der Waals surface area contributed by atoms with Crippen molar-refractivity contribution in [2.24, 2.45) is 0 Å². The molecule has 2 aromatic carbocycles. The first-order valence-corrected chi connectivity index (χ1v) is 8.74. The van der Waals surface area contributed by atoms with Gasteiger partial charge in [0.15, 0.2) is 0 Å². The fraction of sp³-hybridized carbons (Fsp3) is 0.227. The summed E-state index contributed by atoms with van der Waals surface area (Å²) in [5.74, 6) is -0.284. The SMILES string of the molecule is CCOC(=O)C1=CN(c2ccccc2)C(CC)C=C1c1ccccc1. The van der Waals surface area contributed by atoms with Gasteiger partial charge < -0.3 is 9.64 Å². The van der Waals surface area contributed by atoms with Gasteiger partial charge in [0.2, 0.25) is 0 Å². The largest absolute Gasteiger partial charge is 0.462 e. The number of esters is 1. The monoisotopic (exact) mass is 333 g/mol.